The van der Waals surface area contributed by atoms with Crippen molar-refractivity contribution in [3.05, 3.63) is 36.3 Å². The Morgan fingerprint density at radius 1 is 1.40 bits per heavy atom. The minimum Gasteiger partial charge on any atom is -0.481 e. The van der Waals surface area contributed by atoms with Gasteiger partial charge in [0.15, 0.2) is 0 Å². The highest BCUT2D eigenvalue weighted by Gasteiger charge is 2.05. The largest absolute Gasteiger partial charge is 0.481 e. The van der Waals surface area contributed by atoms with Crippen molar-refractivity contribution in [2.45, 2.75) is 13.0 Å². The number of nitrogens with zero attached hydrogens (tertiary/aromatic N) is 1. The lowest BCUT2D eigenvalue weighted by molar-refractivity contribution is -0.137. The van der Waals surface area contributed by atoms with E-state index in [1.165, 1.54) is 6.07 Å². The molecule has 0 atom stereocenters. The van der Waals surface area contributed by atoms with Crippen LogP contribution in [0.2, 0.25) is 0 Å². The van der Waals surface area contributed by atoms with E-state index in [1.54, 1.807) is 29.0 Å². The summed E-state index contributed by atoms with van der Waals surface area (Å²) in [4.78, 5) is 10.4. The Morgan fingerprint density at radius 2 is 2.20 bits per heavy atom. The average Bonchev–Trinajstić information content (AvgIpc) is 2.59. The molecule has 0 bridgehead atoms. The lowest BCUT2D eigenvalue weighted by Crippen LogP contribution is -2.03. The fraction of sp³-hybridized carbons (Fsp3) is 0.182. The molecule has 2 rings (SSSR count). The van der Waals surface area contributed by atoms with Gasteiger partial charge in [-0.3, -0.25) is 4.79 Å². The molecule has 1 aromatic heterocycles. The quantitative estimate of drug-likeness (QED) is 0.838. The minimum atomic E-state index is -0.853. The molecule has 4 heteroatoms. The van der Waals surface area contributed by atoms with Crippen molar-refractivity contribution in [1.29, 1.82) is 0 Å². The van der Waals surface area contributed by atoms with Crippen LogP contribution in [0.5, 0.6) is 0 Å². The van der Waals surface area contributed by atoms with Crippen LogP contribution in [0.4, 0.5) is 4.39 Å². The van der Waals surface area contributed by atoms with Crippen molar-refractivity contribution in [3.63, 3.8) is 0 Å². The van der Waals surface area contributed by atoms with Crippen LogP contribution in [0, 0.1) is 5.82 Å². The molecule has 1 heterocycles. The molecule has 1 aromatic carbocycles. The first-order valence-electron chi connectivity index (χ1n) is 4.63. The molecule has 0 fully saturated rings. The molecule has 0 unspecified atom stereocenters. The number of fused-ring (bicyclic) bond motifs is 1. The van der Waals surface area contributed by atoms with Crippen molar-refractivity contribution < 1.29 is 14.3 Å². The number of halogens is 1. The summed E-state index contributed by atoms with van der Waals surface area (Å²) in [5, 5.41) is 9.08. The Kier molecular flexibility index (Phi) is 2.41. The van der Waals surface area contributed by atoms with Crippen LogP contribution in [0.25, 0.3) is 10.9 Å². The van der Waals surface area contributed by atoms with Gasteiger partial charge < -0.3 is 9.67 Å². The number of aromatic nitrogens is 1. The van der Waals surface area contributed by atoms with E-state index in [4.69, 9.17) is 5.11 Å². The molecular formula is C11H10FNO2. The van der Waals surface area contributed by atoms with Gasteiger partial charge in [0.25, 0.3) is 0 Å². The van der Waals surface area contributed by atoms with Crippen molar-refractivity contribution in [2.24, 2.45) is 0 Å². The third kappa shape index (κ3) is 1.83. The van der Waals surface area contributed by atoms with Crippen LogP contribution in [-0.4, -0.2) is 15.6 Å². The zero-order chi connectivity index (χ0) is 10.8. The molecule has 0 amide bonds. The second kappa shape index (κ2) is 3.73. The molecule has 0 spiro atoms. The van der Waals surface area contributed by atoms with Gasteiger partial charge in [-0.25, -0.2) is 4.39 Å². The van der Waals surface area contributed by atoms with E-state index in [0.29, 0.717) is 11.9 Å². The Balaban J connectivity index is 2.37. The van der Waals surface area contributed by atoms with E-state index < -0.39 is 5.97 Å². The number of aryl methyl sites for hydroxylation is 1. The van der Waals surface area contributed by atoms with E-state index in [1.807, 2.05) is 0 Å². The van der Waals surface area contributed by atoms with Gasteiger partial charge in [0.2, 0.25) is 0 Å². The van der Waals surface area contributed by atoms with Crippen molar-refractivity contribution in [2.75, 3.05) is 0 Å². The molecule has 0 saturated carbocycles. The highest BCUT2D eigenvalue weighted by atomic mass is 19.1. The predicted molar refractivity (Wildman–Crippen MR) is 54.1 cm³/mol. The Morgan fingerprint density at radius 3 is 2.93 bits per heavy atom. The number of carboxylic acids is 1. The van der Waals surface area contributed by atoms with Crippen LogP contribution >= 0.6 is 0 Å². The average molecular weight is 207 g/mol. The number of carbonyl (C=O) groups is 1. The first-order valence-corrected chi connectivity index (χ1v) is 4.63. The fourth-order valence-corrected chi connectivity index (χ4v) is 1.60. The number of hydrogen-bond donors (Lipinski definition) is 1. The van der Waals surface area contributed by atoms with Crippen LogP contribution in [0.3, 0.4) is 0 Å². The van der Waals surface area contributed by atoms with Crippen LogP contribution in [0.1, 0.15) is 6.42 Å². The maximum Gasteiger partial charge on any atom is 0.305 e. The van der Waals surface area contributed by atoms with Gasteiger partial charge in [0.1, 0.15) is 5.82 Å². The molecule has 78 valence electrons. The maximum atomic E-state index is 13.3. The Labute approximate surface area is 85.7 Å². The molecule has 2 aromatic rings. The first kappa shape index (κ1) is 9.71. The van der Waals surface area contributed by atoms with Gasteiger partial charge in [-0.2, -0.15) is 0 Å². The molecular weight excluding hydrogens is 197 g/mol. The Bertz CT molecular complexity index is 504. The third-order valence-corrected chi connectivity index (χ3v) is 2.33. The fourth-order valence-electron chi connectivity index (χ4n) is 1.60. The second-order valence-corrected chi connectivity index (χ2v) is 3.33. The number of benzene rings is 1. The second-order valence-electron chi connectivity index (χ2n) is 3.33. The van der Waals surface area contributed by atoms with Crippen LogP contribution in [0.15, 0.2) is 30.5 Å². The van der Waals surface area contributed by atoms with Crippen molar-refractivity contribution in [1.82, 2.24) is 4.57 Å². The van der Waals surface area contributed by atoms with Crippen LogP contribution < -0.4 is 0 Å². The topological polar surface area (TPSA) is 42.2 Å². The summed E-state index contributed by atoms with van der Waals surface area (Å²) in [6.45, 7) is 0.363. The molecule has 15 heavy (non-hydrogen) atoms. The summed E-state index contributed by atoms with van der Waals surface area (Å²) in [6, 6.07) is 6.45. The van der Waals surface area contributed by atoms with Gasteiger partial charge in [-0.1, -0.05) is 6.07 Å². The molecule has 0 aliphatic carbocycles. The summed E-state index contributed by atoms with van der Waals surface area (Å²) >= 11 is 0. The SMILES string of the molecule is O=C(O)CCn1ccc2c(F)cccc21. The van der Waals surface area contributed by atoms with E-state index in [-0.39, 0.29) is 12.2 Å². The summed E-state index contributed by atoms with van der Waals surface area (Å²) in [6.07, 6.45) is 1.75. The van der Waals surface area contributed by atoms with Gasteiger partial charge in [0, 0.05) is 18.1 Å². The highest BCUT2D eigenvalue weighted by Crippen LogP contribution is 2.19. The highest BCUT2D eigenvalue weighted by molar-refractivity contribution is 5.80. The van der Waals surface area contributed by atoms with E-state index in [0.717, 1.165) is 5.52 Å². The van der Waals surface area contributed by atoms with Gasteiger partial charge >= 0.3 is 5.97 Å². The molecule has 1 N–H and O–H groups in total. The Hall–Kier alpha value is -1.84. The van der Waals surface area contributed by atoms with Gasteiger partial charge in [0.05, 0.1) is 11.9 Å². The smallest absolute Gasteiger partial charge is 0.305 e. The zero-order valence-corrected chi connectivity index (χ0v) is 7.98. The number of hydrogen-bond acceptors (Lipinski definition) is 1. The third-order valence-electron chi connectivity index (χ3n) is 2.33. The van der Waals surface area contributed by atoms with E-state index >= 15 is 0 Å². The van der Waals surface area contributed by atoms with E-state index in [9.17, 15) is 9.18 Å². The summed E-state index contributed by atoms with van der Waals surface area (Å²) in [5.74, 6) is -1.13. The van der Waals surface area contributed by atoms with Crippen molar-refractivity contribution >= 4 is 16.9 Å². The monoisotopic (exact) mass is 207 g/mol. The number of carboxylic acid groups (broad SMARTS) is 1. The molecule has 0 radical (unpaired) electrons. The summed E-state index contributed by atoms with van der Waals surface area (Å²) in [7, 11) is 0. The number of rotatable bonds is 3. The molecule has 0 saturated heterocycles. The zero-order valence-electron chi connectivity index (χ0n) is 7.98. The lowest BCUT2D eigenvalue weighted by atomic mass is 10.2. The van der Waals surface area contributed by atoms with Gasteiger partial charge in [-0.05, 0) is 18.2 Å². The molecule has 0 aliphatic heterocycles. The summed E-state index contributed by atoms with van der Waals surface area (Å²) in [5.41, 5.74) is 0.733. The van der Waals surface area contributed by atoms with E-state index in [2.05, 4.69) is 0 Å². The van der Waals surface area contributed by atoms with Crippen molar-refractivity contribution in [3.8, 4) is 0 Å². The lowest BCUT2D eigenvalue weighted by Gasteiger charge is -2.02. The first-order chi connectivity index (χ1) is 7.18. The maximum absolute atomic E-state index is 13.3. The van der Waals surface area contributed by atoms with Gasteiger partial charge in [-0.15, -0.1) is 0 Å². The molecule has 3 nitrogen and oxygen atoms in total. The van der Waals surface area contributed by atoms with Crippen LogP contribution in [-0.2, 0) is 11.3 Å². The molecule has 0 aliphatic rings. The minimum absolute atomic E-state index is 0.0420. The normalized spacial score (nSPS) is 10.7. The standard InChI is InChI=1S/C11H10FNO2/c12-9-2-1-3-10-8(9)4-6-13(10)7-5-11(14)15/h1-4,6H,5,7H2,(H,14,15). The predicted octanol–water partition coefficient (Wildman–Crippen LogP) is 2.26. The summed E-state index contributed by atoms with van der Waals surface area (Å²) < 4.78 is 15.0. The number of aliphatic carboxylic acids is 1.